The van der Waals surface area contributed by atoms with E-state index in [4.69, 9.17) is 0 Å². The quantitative estimate of drug-likeness (QED) is 0.396. The van der Waals surface area contributed by atoms with Gasteiger partial charge in [0.15, 0.2) is 0 Å². The van der Waals surface area contributed by atoms with Crippen molar-refractivity contribution in [3.8, 4) is 17.2 Å². The van der Waals surface area contributed by atoms with Gasteiger partial charge in [0, 0.05) is 6.42 Å². The van der Waals surface area contributed by atoms with Crippen molar-refractivity contribution in [1.29, 1.82) is 5.26 Å². The average molecular weight is 506 g/mol. The number of nitriles is 1. The lowest BCUT2D eigenvalue weighted by Crippen LogP contribution is -2.53. The molecule has 1 fully saturated rings. The molecule has 0 radical (unpaired) electrons. The van der Waals surface area contributed by atoms with E-state index >= 15 is 0 Å². The SMILES string of the molecule is CC(C)(F)C[C@H](N[C@@H](c1ccc(-c2ccc(C(C)(C)O)cc2)cc1)C(F)(F)F)C(=O)NC1(C#N)CC1. The molecule has 0 heterocycles. The fraction of sp³-hybridized carbons (Fsp3) is 0.481. The highest BCUT2D eigenvalue weighted by Crippen LogP contribution is 2.37. The van der Waals surface area contributed by atoms with E-state index in [1.165, 1.54) is 38.1 Å². The van der Waals surface area contributed by atoms with Crippen LogP contribution in [-0.4, -0.2) is 34.4 Å². The van der Waals surface area contributed by atoms with Crippen molar-refractivity contribution >= 4 is 5.91 Å². The molecule has 0 unspecified atom stereocenters. The molecule has 9 heteroatoms. The number of nitrogens with zero attached hydrogens (tertiary/aromatic N) is 1. The fourth-order valence-electron chi connectivity index (χ4n) is 3.94. The van der Waals surface area contributed by atoms with Gasteiger partial charge in [-0.1, -0.05) is 48.5 Å². The summed E-state index contributed by atoms with van der Waals surface area (Å²) in [4.78, 5) is 12.8. The average Bonchev–Trinajstić information content (AvgIpc) is 3.54. The van der Waals surface area contributed by atoms with Gasteiger partial charge < -0.3 is 10.4 Å². The fourth-order valence-corrected chi connectivity index (χ4v) is 3.94. The van der Waals surface area contributed by atoms with Gasteiger partial charge in [0.25, 0.3) is 0 Å². The maximum absolute atomic E-state index is 14.4. The third-order valence-corrected chi connectivity index (χ3v) is 6.20. The normalized spacial score (nSPS) is 17.1. The van der Waals surface area contributed by atoms with Crippen molar-refractivity contribution in [1.82, 2.24) is 10.6 Å². The van der Waals surface area contributed by atoms with E-state index < -0.39 is 47.4 Å². The van der Waals surface area contributed by atoms with Crippen molar-refractivity contribution in [2.24, 2.45) is 0 Å². The number of nitrogens with one attached hydrogen (secondary N) is 2. The molecule has 1 aliphatic carbocycles. The Morgan fingerprint density at radius 3 is 1.89 bits per heavy atom. The second kappa shape index (κ2) is 9.83. The Morgan fingerprint density at radius 2 is 1.50 bits per heavy atom. The van der Waals surface area contributed by atoms with E-state index in [1.807, 2.05) is 6.07 Å². The van der Waals surface area contributed by atoms with Crippen molar-refractivity contribution < 1.29 is 27.5 Å². The first-order chi connectivity index (χ1) is 16.5. The Kier molecular flexibility index (Phi) is 7.54. The van der Waals surface area contributed by atoms with E-state index in [0.717, 1.165) is 5.56 Å². The molecule has 36 heavy (non-hydrogen) atoms. The van der Waals surface area contributed by atoms with Gasteiger partial charge in [-0.05, 0) is 62.8 Å². The maximum atomic E-state index is 14.4. The van der Waals surface area contributed by atoms with Gasteiger partial charge in [-0.2, -0.15) is 18.4 Å². The Bertz CT molecular complexity index is 1100. The molecule has 1 aliphatic rings. The van der Waals surface area contributed by atoms with Crippen LogP contribution in [0.1, 0.15) is 64.1 Å². The third-order valence-electron chi connectivity index (χ3n) is 6.20. The van der Waals surface area contributed by atoms with E-state index in [2.05, 4.69) is 10.6 Å². The first-order valence-electron chi connectivity index (χ1n) is 11.7. The maximum Gasteiger partial charge on any atom is 0.407 e. The van der Waals surface area contributed by atoms with Crippen LogP contribution in [0.25, 0.3) is 11.1 Å². The number of benzene rings is 2. The Balaban J connectivity index is 1.85. The van der Waals surface area contributed by atoms with Crippen molar-refractivity contribution in [2.75, 3.05) is 0 Å². The summed E-state index contributed by atoms with van der Waals surface area (Å²) in [6, 6.07) is 11.0. The lowest BCUT2D eigenvalue weighted by atomic mass is 9.94. The summed E-state index contributed by atoms with van der Waals surface area (Å²) in [6.07, 6.45) is -4.45. The van der Waals surface area contributed by atoms with E-state index in [9.17, 15) is 32.7 Å². The first kappa shape index (κ1) is 27.6. The van der Waals surface area contributed by atoms with Crippen molar-refractivity contribution in [3.05, 3.63) is 59.7 Å². The number of alkyl halides is 4. The zero-order valence-corrected chi connectivity index (χ0v) is 20.7. The molecule has 0 saturated heterocycles. The molecule has 3 rings (SSSR count). The summed E-state index contributed by atoms with van der Waals surface area (Å²) in [5.41, 5.74) is -2.03. The van der Waals surface area contributed by atoms with Crippen LogP contribution in [0.5, 0.6) is 0 Å². The van der Waals surface area contributed by atoms with Gasteiger partial charge in [0.2, 0.25) is 5.91 Å². The van der Waals surface area contributed by atoms with Gasteiger partial charge in [0.1, 0.15) is 17.2 Å². The summed E-state index contributed by atoms with van der Waals surface area (Å²) < 4.78 is 56.7. The van der Waals surface area contributed by atoms with Crippen molar-refractivity contribution in [2.45, 2.75) is 82.0 Å². The van der Waals surface area contributed by atoms with Crippen LogP contribution in [0.15, 0.2) is 48.5 Å². The van der Waals surface area contributed by atoms with Crippen LogP contribution in [-0.2, 0) is 10.4 Å². The number of hydrogen-bond acceptors (Lipinski definition) is 4. The largest absolute Gasteiger partial charge is 0.407 e. The predicted molar refractivity (Wildman–Crippen MR) is 128 cm³/mol. The van der Waals surface area contributed by atoms with E-state index in [0.29, 0.717) is 24.0 Å². The summed E-state index contributed by atoms with van der Waals surface area (Å²) in [5.74, 6) is -0.836. The topological polar surface area (TPSA) is 85.2 Å². The Morgan fingerprint density at radius 1 is 1.00 bits per heavy atom. The minimum atomic E-state index is -4.76. The number of hydrogen-bond donors (Lipinski definition) is 3. The molecule has 0 aromatic heterocycles. The molecule has 3 N–H and O–H groups in total. The highest BCUT2D eigenvalue weighted by Gasteiger charge is 2.48. The molecule has 194 valence electrons. The molecule has 0 aliphatic heterocycles. The summed E-state index contributed by atoms with van der Waals surface area (Å²) in [5, 5.41) is 24.1. The van der Waals surface area contributed by atoms with Crippen LogP contribution in [0.4, 0.5) is 17.6 Å². The van der Waals surface area contributed by atoms with Gasteiger partial charge in [-0.25, -0.2) is 4.39 Å². The smallest absolute Gasteiger partial charge is 0.386 e. The summed E-state index contributed by atoms with van der Waals surface area (Å²) in [7, 11) is 0. The second-order valence-electron chi connectivity index (χ2n) is 10.6. The number of halogens is 4. The number of carbonyl (C=O) groups excluding carboxylic acids is 1. The van der Waals surface area contributed by atoms with Gasteiger partial charge in [-0.3, -0.25) is 10.1 Å². The van der Waals surface area contributed by atoms with Crippen LogP contribution in [0.3, 0.4) is 0 Å². The van der Waals surface area contributed by atoms with Gasteiger partial charge >= 0.3 is 6.18 Å². The van der Waals surface area contributed by atoms with Gasteiger partial charge in [0.05, 0.1) is 17.7 Å². The molecule has 0 bridgehead atoms. The highest BCUT2D eigenvalue weighted by molar-refractivity contribution is 5.83. The van der Waals surface area contributed by atoms with Gasteiger partial charge in [-0.15, -0.1) is 0 Å². The zero-order valence-electron chi connectivity index (χ0n) is 20.7. The number of carbonyl (C=O) groups is 1. The predicted octanol–water partition coefficient (Wildman–Crippen LogP) is 5.45. The number of aliphatic hydroxyl groups is 1. The molecule has 2 aromatic rings. The van der Waals surface area contributed by atoms with Crippen LogP contribution in [0.2, 0.25) is 0 Å². The zero-order chi connectivity index (χ0) is 26.9. The molecule has 0 spiro atoms. The number of rotatable bonds is 9. The lowest BCUT2D eigenvalue weighted by molar-refractivity contribution is -0.161. The first-order valence-corrected chi connectivity index (χ1v) is 11.7. The minimum absolute atomic E-state index is 0.129. The molecule has 5 nitrogen and oxygen atoms in total. The molecule has 1 amide bonds. The van der Waals surface area contributed by atoms with E-state index in [-0.39, 0.29) is 5.56 Å². The lowest BCUT2D eigenvalue weighted by Gasteiger charge is -2.30. The minimum Gasteiger partial charge on any atom is -0.386 e. The highest BCUT2D eigenvalue weighted by atomic mass is 19.4. The van der Waals surface area contributed by atoms with Crippen LogP contribution >= 0.6 is 0 Å². The standard InChI is InChI=1S/C27H31F4N3O2/c1-24(2,28)15-21(23(35)34-26(16-32)13-14-26)33-22(27(29,30)31)19-7-5-17(6-8-19)18-9-11-20(12-10-18)25(3,4)36/h5-12,21-22,33,36H,13-15H2,1-4H3,(H,34,35)/t21-,22-/m0/s1. The Labute approximate surface area is 208 Å². The molecule has 2 aromatic carbocycles. The second-order valence-corrected chi connectivity index (χ2v) is 10.6. The molecule has 2 atom stereocenters. The van der Waals surface area contributed by atoms with Crippen molar-refractivity contribution in [3.63, 3.8) is 0 Å². The van der Waals surface area contributed by atoms with Crippen LogP contribution < -0.4 is 10.6 Å². The Hall–Kier alpha value is -2.96. The molecular weight excluding hydrogens is 474 g/mol. The summed E-state index contributed by atoms with van der Waals surface area (Å²) >= 11 is 0. The third kappa shape index (κ3) is 7.05. The number of amides is 1. The summed E-state index contributed by atoms with van der Waals surface area (Å²) in [6.45, 7) is 5.69. The molecule has 1 saturated carbocycles. The monoisotopic (exact) mass is 505 g/mol. The molecular formula is C27H31F4N3O2. The van der Waals surface area contributed by atoms with Crippen LogP contribution in [0, 0.1) is 11.3 Å². The van der Waals surface area contributed by atoms with E-state index in [1.54, 1.807) is 38.1 Å².